The Bertz CT molecular complexity index is 380. The topological polar surface area (TPSA) is 12.0 Å². The van der Waals surface area contributed by atoms with Gasteiger partial charge >= 0.3 is 0 Å². The van der Waals surface area contributed by atoms with E-state index in [2.05, 4.69) is 42.6 Å². The summed E-state index contributed by atoms with van der Waals surface area (Å²) < 4.78 is 0. The molecule has 0 radical (unpaired) electrons. The summed E-state index contributed by atoms with van der Waals surface area (Å²) in [5, 5.41) is 3.92. The summed E-state index contributed by atoms with van der Waals surface area (Å²) in [6, 6.07) is 12.6. The highest BCUT2D eigenvalue weighted by Gasteiger charge is 2.32. The molecule has 0 saturated heterocycles. The maximum absolute atomic E-state index is 3.92. The normalized spacial score (nSPS) is 34.8. The van der Waals surface area contributed by atoms with E-state index >= 15 is 0 Å². The molecular weight excluding hydrogens is 230 g/mol. The van der Waals surface area contributed by atoms with Gasteiger partial charge in [0.1, 0.15) is 0 Å². The smallest absolute Gasteiger partial charge is 0.00813 e. The Labute approximate surface area is 117 Å². The van der Waals surface area contributed by atoms with Crippen molar-refractivity contribution in [2.45, 2.75) is 69.9 Å². The molecule has 0 aromatic heterocycles. The number of rotatable bonds is 4. The Hall–Kier alpha value is -0.820. The first-order valence-electron chi connectivity index (χ1n) is 8.16. The molecule has 0 heterocycles. The Morgan fingerprint density at radius 1 is 1.00 bits per heavy atom. The minimum absolute atomic E-state index is 0.783. The molecule has 2 atom stereocenters. The van der Waals surface area contributed by atoms with Crippen molar-refractivity contribution >= 4 is 0 Å². The van der Waals surface area contributed by atoms with Crippen molar-refractivity contribution in [1.29, 1.82) is 0 Å². The quantitative estimate of drug-likeness (QED) is 0.838. The largest absolute Gasteiger partial charge is 0.311 e. The Morgan fingerprint density at radius 3 is 2.53 bits per heavy atom. The molecule has 0 aliphatic heterocycles. The third-order valence-corrected chi connectivity index (χ3v) is 5.24. The second-order valence-electron chi connectivity index (χ2n) is 6.58. The highest BCUT2D eigenvalue weighted by atomic mass is 15.0. The van der Waals surface area contributed by atoms with Crippen molar-refractivity contribution in [1.82, 2.24) is 5.32 Å². The lowest BCUT2D eigenvalue weighted by atomic mass is 9.74. The Balaban J connectivity index is 1.44. The van der Waals surface area contributed by atoms with Crippen molar-refractivity contribution < 1.29 is 0 Å². The maximum Gasteiger partial charge on any atom is 0.00813 e. The first kappa shape index (κ1) is 13.2. The molecule has 2 aliphatic carbocycles. The van der Waals surface area contributed by atoms with E-state index in [-0.39, 0.29) is 0 Å². The molecule has 2 saturated carbocycles. The van der Waals surface area contributed by atoms with Crippen LogP contribution in [0.15, 0.2) is 30.3 Å². The zero-order valence-corrected chi connectivity index (χ0v) is 12.1. The van der Waals surface area contributed by atoms with Gasteiger partial charge in [-0.1, -0.05) is 56.5 Å². The van der Waals surface area contributed by atoms with Gasteiger partial charge in [-0.15, -0.1) is 0 Å². The second kappa shape index (κ2) is 6.09. The monoisotopic (exact) mass is 257 g/mol. The molecule has 1 nitrogen and oxygen atoms in total. The summed E-state index contributed by atoms with van der Waals surface area (Å²) in [7, 11) is 0. The van der Waals surface area contributed by atoms with Crippen LogP contribution in [0.25, 0.3) is 0 Å². The van der Waals surface area contributed by atoms with Crippen LogP contribution in [0, 0.1) is 5.92 Å². The lowest BCUT2D eigenvalue weighted by Gasteiger charge is -2.40. The molecule has 1 aromatic carbocycles. The number of benzene rings is 1. The third kappa shape index (κ3) is 3.20. The molecule has 1 N–H and O–H groups in total. The van der Waals surface area contributed by atoms with Crippen molar-refractivity contribution in [3.05, 3.63) is 35.9 Å². The summed E-state index contributed by atoms with van der Waals surface area (Å²) >= 11 is 0. The molecule has 0 amide bonds. The van der Waals surface area contributed by atoms with Gasteiger partial charge in [-0.05, 0) is 43.1 Å². The van der Waals surface area contributed by atoms with E-state index in [1.54, 1.807) is 0 Å². The van der Waals surface area contributed by atoms with Crippen molar-refractivity contribution in [3.8, 4) is 0 Å². The van der Waals surface area contributed by atoms with Crippen LogP contribution in [0.5, 0.6) is 0 Å². The summed E-state index contributed by atoms with van der Waals surface area (Å²) in [6.07, 6.45) is 9.78. The van der Waals surface area contributed by atoms with Crippen molar-refractivity contribution in [3.63, 3.8) is 0 Å². The molecule has 104 valence electrons. The van der Waals surface area contributed by atoms with Crippen LogP contribution >= 0.6 is 0 Å². The summed E-state index contributed by atoms with van der Waals surface area (Å²) in [4.78, 5) is 0. The summed E-state index contributed by atoms with van der Waals surface area (Å²) in [6.45, 7) is 2.35. The minimum Gasteiger partial charge on any atom is -0.311 e. The zero-order chi connectivity index (χ0) is 13.1. The fourth-order valence-corrected chi connectivity index (χ4v) is 3.90. The lowest BCUT2D eigenvalue weighted by Crippen LogP contribution is -2.47. The van der Waals surface area contributed by atoms with E-state index in [0.717, 1.165) is 23.9 Å². The average Bonchev–Trinajstić information content (AvgIpc) is 2.43. The third-order valence-electron chi connectivity index (χ3n) is 5.24. The molecule has 0 bridgehead atoms. The van der Waals surface area contributed by atoms with Gasteiger partial charge < -0.3 is 5.32 Å². The number of nitrogens with one attached hydrogen (secondary N) is 1. The van der Waals surface area contributed by atoms with Gasteiger partial charge in [-0.25, -0.2) is 0 Å². The fraction of sp³-hybridized carbons (Fsp3) is 0.667. The van der Waals surface area contributed by atoms with Crippen LogP contribution in [0.3, 0.4) is 0 Å². The lowest BCUT2D eigenvalue weighted by molar-refractivity contribution is 0.209. The molecule has 2 unspecified atom stereocenters. The van der Waals surface area contributed by atoms with Gasteiger partial charge in [-0.2, -0.15) is 0 Å². The minimum atomic E-state index is 0.783. The maximum atomic E-state index is 3.92. The van der Waals surface area contributed by atoms with E-state index in [1.807, 2.05) is 0 Å². The molecule has 2 aliphatic rings. The predicted molar refractivity (Wildman–Crippen MR) is 81.4 cm³/mol. The van der Waals surface area contributed by atoms with Crippen LogP contribution in [-0.4, -0.2) is 12.1 Å². The van der Waals surface area contributed by atoms with E-state index in [0.29, 0.717) is 0 Å². The van der Waals surface area contributed by atoms with Gasteiger partial charge in [0.25, 0.3) is 0 Å². The van der Waals surface area contributed by atoms with Gasteiger partial charge in [0.05, 0.1) is 0 Å². The van der Waals surface area contributed by atoms with Crippen LogP contribution in [0.4, 0.5) is 0 Å². The highest BCUT2D eigenvalue weighted by molar-refractivity contribution is 5.22. The first-order valence-corrected chi connectivity index (χ1v) is 8.16. The first-order chi connectivity index (χ1) is 9.35. The van der Waals surface area contributed by atoms with Gasteiger partial charge in [0.15, 0.2) is 0 Å². The van der Waals surface area contributed by atoms with E-state index < -0.39 is 0 Å². The van der Waals surface area contributed by atoms with E-state index in [1.165, 1.54) is 50.5 Å². The molecule has 2 fully saturated rings. The Morgan fingerprint density at radius 2 is 1.79 bits per heavy atom. The van der Waals surface area contributed by atoms with E-state index in [4.69, 9.17) is 0 Å². The van der Waals surface area contributed by atoms with Gasteiger partial charge in [0, 0.05) is 12.1 Å². The fourth-order valence-electron chi connectivity index (χ4n) is 3.90. The van der Waals surface area contributed by atoms with Gasteiger partial charge in [-0.3, -0.25) is 0 Å². The SMILES string of the molecule is CCC1CCCC(NC2CC(c3ccccc3)C2)C1. The zero-order valence-electron chi connectivity index (χ0n) is 12.1. The van der Waals surface area contributed by atoms with Crippen LogP contribution in [0.2, 0.25) is 0 Å². The van der Waals surface area contributed by atoms with Crippen LogP contribution < -0.4 is 5.32 Å². The number of hydrogen-bond acceptors (Lipinski definition) is 1. The van der Waals surface area contributed by atoms with Crippen molar-refractivity contribution in [2.24, 2.45) is 5.92 Å². The summed E-state index contributed by atoms with van der Waals surface area (Å²) in [5.74, 6) is 1.79. The standard InChI is InChI=1S/C18H27N/c1-2-14-7-6-10-17(11-14)19-18-12-16(13-18)15-8-4-3-5-9-15/h3-5,8-9,14,16-19H,2,6-7,10-13H2,1H3. The van der Waals surface area contributed by atoms with Crippen LogP contribution in [0.1, 0.15) is 63.4 Å². The molecule has 1 heteroatoms. The molecule has 3 rings (SSSR count). The van der Waals surface area contributed by atoms with Crippen molar-refractivity contribution in [2.75, 3.05) is 0 Å². The highest BCUT2D eigenvalue weighted by Crippen LogP contribution is 2.38. The second-order valence-corrected chi connectivity index (χ2v) is 6.58. The molecule has 1 aromatic rings. The molecule has 0 spiro atoms. The molecular formula is C18H27N. The van der Waals surface area contributed by atoms with Gasteiger partial charge in [0.2, 0.25) is 0 Å². The van der Waals surface area contributed by atoms with Crippen LogP contribution in [-0.2, 0) is 0 Å². The Kier molecular flexibility index (Phi) is 4.22. The number of hydrogen-bond donors (Lipinski definition) is 1. The average molecular weight is 257 g/mol. The predicted octanol–water partition coefficient (Wildman–Crippen LogP) is 4.49. The molecule has 19 heavy (non-hydrogen) atoms. The van der Waals surface area contributed by atoms with E-state index in [9.17, 15) is 0 Å². The summed E-state index contributed by atoms with van der Waals surface area (Å²) in [5.41, 5.74) is 1.54.